The summed E-state index contributed by atoms with van der Waals surface area (Å²) in [5, 5.41) is 20.8. The van der Waals surface area contributed by atoms with Gasteiger partial charge in [0.05, 0.1) is 18.1 Å². The van der Waals surface area contributed by atoms with Crippen molar-refractivity contribution < 1.29 is 15.0 Å². The molecule has 152 valence electrons. The first-order valence-electron chi connectivity index (χ1n) is 10.9. The molecule has 5 aliphatic carbocycles. The van der Waals surface area contributed by atoms with Crippen LogP contribution in [0.5, 0.6) is 0 Å². The normalized spacial score (nSPS) is 45.7. The standard InChI is InChI=1S/C23H37NO3/c1-15-16-6-9-23(20(15)27)18(12-16)22(14-24(4)10-11-25)8-5-7-21(2,3)17(22)13-19(23)26/h16-19,25-26H,1,5-14H2,2-4H3/t16-,17?,18?,19+,22-,23+/m0/s1. The Morgan fingerprint density at radius 2 is 1.93 bits per heavy atom. The third kappa shape index (κ3) is 2.55. The Morgan fingerprint density at radius 1 is 1.19 bits per heavy atom. The highest BCUT2D eigenvalue weighted by Crippen LogP contribution is 2.71. The van der Waals surface area contributed by atoms with Crippen LogP contribution in [-0.2, 0) is 4.79 Å². The van der Waals surface area contributed by atoms with Gasteiger partial charge in [-0.3, -0.25) is 4.79 Å². The molecule has 5 aliphatic rings. The number of likely N-dealkylation sites (N-methyl/N-ethyl adjacent to an activating group) is 1. The predicted molar refractivity (Wildman–Crippen MR) is 106 cm³/mol. The van der Waals surface area contributed by atoms with Crippen LogP contribution in [0.15, 0.2) is 12.2 Å². The maximum atomic E-state index is 13.4. The molecule has 0 saturated heterocycles. The van der Waals surface area contributed by atoms with Gasteiger partial charge < -0.3 is 15.1 Å². The summed E-state index contributed by atoms with van der Waals surface area (Å²) in [5.74, 6) is 1.15. The molecule has 0 heterocycles. The highest BCUT2D eigenvalue weighted by atomic mass is 16.3. The molecule has 0 aliphatic heterocycles. The number of fused-ring (bicyclic) bond motifs is 3. The number of hydrogen-bond donors (Lipinski definition) is 2. The molecule has 0 aromatic carbocycles. The van der Waals surface area contributed by atoms with Crippen LogP contribution in [0.3, 0.4) is 0 Å². The van der Waals surface area contributed by atoms with Crippen LogP contribution in [0.1, 0.15) is 58.8 Å². The number of aliphatic hydroxyl groups excluding tert-OH is 2. The second-order valence-corrected chi connectivity index (χ2v) is 10.8. The first kappa shape index (κ1) is 19.6. The van der Waals surface area contributed by atoms with Crippen molar-refractivity contribution in [1.82, 2.24) is 4.90 Å². The molecule has 5 saturated carbocycles. The van der Waals surface area contributed by atoms with E-state index < -0.39 is 11.5 Å². The van der Waals surface area contributed by atoms with Gasteiger partial charge in [0.15, 0.2) is 5.78 Å². The molecule has 2 N–H and O–H groups in total. The molecule has 0 radical (unpaired) electrons. The summed E-state index contributed by atoms with van der Waals surface area (Å²) in [6, 6.07) is 0. The van der Waals surface area contributed by atoms with Crippen LogP contribution >= 0.6 is 0 Å². The molecule has 6 atom stereocenters. The second kappa shape index (κ2) is 6.40. The van der Waals surface area contributed by atoms with Gasteiger partial charge in [0.1, 0.15) is 0 Å². The lowest BCUT2D eigenvalue weighted by Gasteiger charge is -2.69. The zero-order valence-corrected chi connectivity index (χ0v) is 17.3. The van der Waals surface area contributed by atoms with Crippen LogP contribution in [0, 0.1) is 34.0 Å². The van der Waals surface area contributed by atoms with Crippen LogP contribution in [0.2, 0.25) is 0 Å². The van der Waals surface area contributed by atoms with E-state index >= 15 is 0 Å². The molecule has 27 heavy (non-hydrogen) atoms. The van der Waals surface area contributed by atoms with Crippen molar-refractivity contribution in [1.29, 1.82) is 0 Å². The molecule has 5 rings (SSSR count). The lowest BCUT2D eigenvalue weighted by atomic mass is 9.35. The molecule has 4 nitrogen and oxygen atoms in total. The number of aliphatic hydroxyl groups is 2. The van der Waals surface area contributed by atoms with Crippen LogP contribution in [0.25, 0.3) is 0 Å². The quantitative estimate of drug-likeness (QED) is 0.742. The van der Waals surface area contributed by atoms with E-state index in [0.29, 0.717) is 18.4 Å². The van der Waals surface area contributed by atoms with E-state index in [9.17, 15) is 15.0 Å². The van der Waals surface area contributed by atoms with E-state index in [1.165, 1.54) is 12.8 Å². The minimum absolute atomic E-state index is 0.0555. The molecule has 2 unspecified atom stereocenters. The zero-order chi connectivity index (χ0) is 19.6. The summed E-state index contributed by atoms with van der Waals surface area (Å²) in [6.07, 6.45) is 6.59. The molecular formula is C23H37NO3. The summed E-state index contributed by atoms with van der Waals surface area (Å²) >= 11 is 0. The van der Waals surface area contributed by atoms with Gasteiger partial charge in [-0.2, -0.15) is 0 Å². The van der Waals surface area contributed by atoms with Crippen molar-refractivity contribution in [2.75, 3.05) is 26.7 Å². The van der Waals surface area contributed by atoms with E-state index in [0.717, 1.165) is 44.2 Å². The summed E-state index contributed by atoms with van der Waals surface area (Å²) in [6.45, 7) is 10.6. The number of allylic oxidation sites excluding steroid dienone is 1. The van der Waals surface area contributed by atoms with Crippen molar-refractivity contribution in [2.45, 2.75) is 64.9 Å². The lowest BCUT2D eigenvalue weighted by Crippen LogP contribution is -2.70. The second-order valence-electron chi connectivity index (χ2n) is 10.8. The Balaban J connectivity index is 1.82. The number of nitrogens with zero attached hydrogens (tertiary/aromatic N) is 1. The maximum absolute atomic E-state index is 13.4. The van der Waals surface area contributed by atoms with Crippen molar-refractivity contribution >= 4 is 5.78 Å². The van der Waals surface area contributed by atoms with E-state index in [1.807, 2.05) is 0 Å². The molecule has 0 aromatic heterocycles. The average Bonchev–Trinajstić information content (AvgIpc) is 2.61. The predicted octanol–water partition coefficient (Wildman–Crippen LogP) is 3.03. The van der Waals surface area contributed by atoms with Crippen molar-refractivity contribution in [3.05, 3.63) is 12.2 Å². The zero-order valence-electron chi connectivity index (χ0n) is 17.3. The largest absolute Gasteiger partial charge is 0.395 e. The summed E-state index contributed by atoms with van der Waals surface area (Å²) < 4.78 is 0. The number of rotatable bonds is 4. The Labute approximate surface area is 164 Å². The molecule has 5 fully saturated rings. The van der Waals surface area contributed by atoms with Crippen LogP contribution in [0.4, 0.5) is 0 Å². The molecule has 4 heteroatoms. The molecule has 0 aromatic rings. The van der Waals surface area contributed by atoms with Gasteiger partial charge >= 0.3 is 0 Å². The number of carbonyl (C=O) groups excluding carboxylic acids is 1. The van der Waals surface area contributed by atoms with E-state index in [1.54, 1.807) is 0 Å². The lowest BCUT2D eigenvalue weighted by molar-refractivity contribution is -0.222. The van der Waals surface area contributed by atoms with Crippen molar-refractivity contribution in [3.63, 3.8) is 0 Å². The van der Waals surface area contributed by atoms with Crippen LogP contribution < -0.4 is 0 Å². The number of ketones is 1. The molecular weight excluding hydrogens is 338 g/mol. The smallest absolute Gasteiger partial charge is 0.167 e. The first-order valence-corrected chi connectivity index (χ1v) is 10.9. The third-order valence-corrected chi connectivity index (χ3v) is 9.15. The summed E-state index contributed by atoms with van der Waals surface area (Å²) in [5.41, 5.74) is 0.414. The minimum atomic E-state index is -0.601. The SMILES string of the molecule is C=C1C(=O)[C@]23CC[C@H]1CC2[C@]1(CN(C)CCO)CCCC(C)(C)C1C[C@H]3O. The van der Waals surface area contributed by atoms with Gasteiger partial charge in [-0.25, -0.2) is 0 Å². The fourth-order valence-corrected chi connectivity index (χ4v) is 8.03. The van der Waals surface area contributed by atoms with Crippen molar-refractivity contribution in [3.8, 4) is 0 Å². The topological polar surface area (TPSA) is 60.8 Å². The number of Topliss-reactive ketones (excluding diaryl/α,β-unsaturated/α-hetero) is 1. The highest BCUT2D eigenvalue weighted by molar-refractivity contribution is 6.02. The van der Waals surface area contributed by atoms with Gasteiger partial charge in [0.2, 0.25) is 0 Å². The summed E-state index contributed by atoms with van der Waals surface area (Å²) in [7, 11) is 2.10. The molecule has 1 spiro atoms. The Hall–Kier alpha value is -0.710. The van der Waals surface area contributed by atoms with Gasteiger partial charge in [-0.15, -0.1) is 0 Å². The third-order valence-electron chi connectivity index (χ3n) is 9.15. The van der Waals surface area contributed by atoms with Gasteiger partial charge in [-0.05, 0) is 79.7 Å². The summed E-state index contributed by atoms with van der Waals surface area (Å²) in [4.78, 5) is 15.7. The number of carbonyl (C=O) groups is 1. The van der Waals surface area contributed by atoms with Crippen molar-refractivity contribution in [2.24, 2.45) is 34.0 Å². The fourth-order valence-electron chi connectivity index (χ4n) is 8.03. The highest BCUT2D eigenvalue weighted by Gasteiger charge is 2.70. The fraction of sp³-hybridized carbons (Fsp3) is 0.870. The van der Waals surface area contributed by atoms with E-state index in [2.05, 4.69) is 32.4 Å². The van der Waals surface area contributed by atoms with Crippen LogP contribution in [-0.4, -0.2) is 53.7 Å². The molecule has 0 amide bonds. The van der Waals surface area contributed by atoms with E-state index in [4.69, 9.17) is 0 Å². The Kier molecular flexibility index (Phi) is 4.64. The van der Waals surface area contributed by atoms with Gasteiger partial charge in [-0.1, -0.05) is 26.8 Å². The average molecular weight is 376 g/mol. The van der Waals surface area contributed by atoms with Gasteiger partial charge in [0.25, 0.3) is 0 Å². The monoisotopic (exact) mass is 375 g/mol. The number of hydrogen-bond acceptors (Lipinski definition) is 4. The Bertz CT molecular complexity index is 644. The van der Waals surface area contributed by atoms with E-state index in [-0.39, 0.29) is 29.1 Å². The maximum Gasteiger partial charge on any atom is 0.167 e. The minimum Gasteiger partial charge on any atom is -0.395 e. The van der Waals surface area contributed by atoms with Gasteiger partial charge in [0, 0.05) is 13.1 Å². The Morgan fingerprint density at radius 3 is 2.63 bits per heavy atom. The first-order chi connectivity index (χ1) is 12.7. The molecule has 2 bridgehead atoms.